The first-order valence-electron chi connectivity index (χ1n) is 9.90. The summed E-state index contributed by atoms with van der Waals surface area (Å²) in [5.74, 6) is 1.53. The summed E-state index contributed by atoms with van der Waals surface area (Å²) in [6, 6.07) is -0.155. The number of amides is 1. The van der Waals surface area contributed by atoms with Crippen LogP contribution >= 0.6 is 22.6 Å². The minimum Gasteiger partial charge on any atom is -0.362 e. The third-order valence-corrected chi connectivity index (χ3v) is 7.29. The molecule has 25 heavy (non-hydrogen) atoms. The summed E-state index contributed by atoms with van der Waals surface area (Å²) in [5, 5.41) is 13.6. The van der Waals surface area contributed by atoms with Gasteiger partial charge in [0.05, 0.1) is 10.1 Å². The van der Waals surface area contributed by atoms with Crippen LogP contribution < -0.4 is 21.3 Å². The molecule has 4 N–H and O–H groups in total. The molecule has 0 aromatic carbocycles. The molecule has 0 spiro atoms. The number of halogens is 1. The molecule has 2 heterocycles. The molecular formula is C18H33IN4O2. The topological polar surface area (TPSA) is 74.4 Å². The second kappa shape index (κ2) is 9.82. The van der Waals surface area contributed by atoms with Crippen molar-refractivity contribution in [2.24, 2.45) is 11.8 Å². The Bertz CT molecular complexity index is 431. The molecule has 0 aromatic rings. The molecule has 7 heteroatoms. The average Bonchev–Trinajstić information content (AvgIpc) is 2.57. The number of carbonyl (C=O) groups excluding carboxylic acids is 1. The Hall–Kier alpha value is 0.0400. The van der Waals surface area contributed by atoms with Gasteiger partial charge in [0.25, 0.3) is 0 Å². The van der Waals surface area contributed by atoms with E-state index in [0.717, 1.165) is 25.3 Å². The van der Waals surface area contributed by atoms with Gasteiger partial charge in [0, 0.05) is 13.7 Å². The second-order valence-corrected chi connectivity index (χ2v) is 9.05. The van der Waals surface area contributed by atoms with Gasteiger partial charge in [-0.2, -0.15) is 0 Å². The summed E-state index contributed by atoms with van der Waals surface area (Å²) in [5.41, 5.74) is 0. The van der Waals surface area contributed by atoms with Crippen LogP contribution in [0.3, 0.4) is 0 Å². The highest BCUT2D eigenvalue weighted by molar-refractivity contribution is 14.1. The van der Waals surface area contributed by atoms with Crippen molar-refractivity contribution in [3.05, 3.63) is 0 Å². The predicted octanol–water partition coefficient (Wildman–Crippen LogP) is 2.04. The van der Waals surface area contributed by atoms with E-state index >= 15 is 0 Å². The van der Waals surface area contributed by atoms with Crippen LogP contribution in [0.4, 0.5) is 0 Å². The maximum atomic E-state index is 12.2. The highest BCUT2D eigenvalue weighted by Gasteiger charge is 2.35. The van der Waals surface area contributed by atoms with E-state index < -0.39 is 0 Å². The number of hydrogen-bond donors (Lipinski definition) is 4. The zero-order valence-corrected chi connectivity index (χ0v) is 17.4. The van der Waals surface area contributed by atoms with Crippen LogP contribution in [0.1, 0.15) is 57.8 Å². The number of carbonyl (C=O) groups is 1. The first-order chi connectivity index (χ1) is 12.2. The van der Waals surface area contributed by atoms with Gasteiger partial charge in [0.2, 0.25) is 5.91 Å². The van der Waals surface area contributed by atoms with Gasteiger partial charge in [0.15, 0.2) is 0 Å². The lowest BCUT2D eigenvalue weighted by molar-refractivity contribution is -0.130. The first kappa shape index (κ1) is 19.8. The quantitative estimate of drug-likeness (QED) is 0.291. The maximum absolute atomic E-state index is 12.2. The summed E-state index contributed by atoms with van der Waals surface area (Å²) < 4.78 is 5.67. The predicted molar refractivity (Wildman–Crippen MR) is 107 cm³/mol. The summed E-state index contributed by atoms with van der Waals surface area (Å²) in [7, 11) is 1.64. The van der Waals surface area contributed by atoms with Gasteiger partial charge in [-0.25, -0.2) is 0 Å². The molecule has 3 aliphatic rings. The van der Waals surface area contributed by atoms with Crippen molar-refractivity contribution >= 4 is 28.5 Å². The molecule has 3 fully saturated rings. The van der Waals surface area contributed by atoms with E-state index in [-0.39, 0.29) is 24.5 Å². The molecule has 2 saturated heterocycles. The normalized spacial score (nSPS) is 38.6. The van der Waals surface area contributed by atoms with Crippen molar-refractivity contribution < 1.29 is 9.53 Å². The van der Waals surface area contributed by atoms with E-state index in [1.54, 1.807) is 7.11 Å². The third kappa shape index (κ3) is 5.51. The fraction of sp³-hybridized carbons (Fsp3) is 0.944. The third-order valence-electron chi connectivity index (χ3n) is 6.00. The zero-order valence-electron chi connectivity index (χ0n) is 15.2. The fourth-order valence-electron chi connectivity index (χ4n) is 4.45. The van der Waals surface area contributed by atoms with Gasteiger partial charge in [0.1, 0.15) is 12.5 Å². The average molecular weight is 464 g/mol. The number of hydrogen-bond acceptors (Lipinski definition) is 5. The largest absolute Gasteiger partial charge is 0.362 e. The fourth-order valence-corrected chi connectivity index (χ4v) is 5.65. The minimum absolute atomic E-state index is 0.00144. The summed E-state index contributed by atoms with van der Waals surface area (Å²) in [4.78, 5) is 12.2. The van der Waals surface area contributed by atoms with Gasteiger partial charge in [-0.05, 0) is 24.7 Å². The van der Waals surface area contributed by atoms with E-state index in [0.29, 0.717) is 9.97 Å². The van der Waals surface area contributed by atoms with Crippen LogP contribution in [0.5, 0.6) is 0 Å². The summed E-state index contributed by atoms with van der Waals surface area (Å²) in [6.45, 7) is 1.03. The van der Waals surface area contributed by atoms with Gasteiger partial charge in [-0.3, -0.25) is 20.7 Å². The van der Waals surface area contributed by atoms with Crippen molar-refractivity contribution in [1.82, 2.24) is 21.3 Å². The van der Waals surface area contributed by atoms with E-state index in [9.17, 15) is 4.79 Å². The molecule has 1 amide bonds. The van der Waals surface area contributed by atoms with Gasteiger partial charge in [-0.1, -0.05) is 67.5 Å². The number of piperidine rings is 1. The molecule has 6 nitrogen and oxygen atoms in total. The van der Waals surface area contributed by atoms with Gasteiger partial charge < -0.3 is 10.1 Å². The Kier molecular flexibility index (Phi) is 7.78. The zero-order chi connectivity index (χ0) is 17.6. The molecule has 3 rings (SSSR count). The Labute approximate surface area is 165 Å². The Balaban J connectivity index is 1.47. The Morgan fingerprint density at radius 2 is 1.80 bits per heavy atom. The molecule has 1 saturated carbocycles. The molecular weight excluding hydrogens is 431 g/mol. The van der Waals surface area contributed by atoms with E-state index in [4.69, 9.17) is 4.74 Å². The molecule has 144 valence electrons. The van der Waals surface area contributed by atoms with Gasteiger partial charge >= 0.3 is 0 Å². The van der Waals surface area contributed by atoms with Crippen LogP contribution in [0.25, 0.3) is 0 Å². The van der Waals surface area contributed by atoms with Crippen LogP contribution in [0.15, 0.2) is 0 Å². The smallest absolute Gasteiger partial charge is 0.239 e. The van der Waals surface area contributed by atoms with Crippen molar-refractivity contribution in [2.45, 2.75) is 80.4 Å². The highest BCUT2D eigenvalue weighted by Crippen LogP contribution is 2.33. The first-order valence-corrected chi connectivity index (χ1v) is 11.1. The van der Waals surface area contributed by atoms with Crippen LogP contribution in [-0.4, -0.2) is 42.2 Å². The summed E-state index contributed by atoms with van der Waals surface area (Å²) in [6.07, 6.45) is 11.3. The van der Waals surface area contributed by atoms with Crippen LogP contribution in [0, 0.1) is 11.8 Å². The number of nitrogens with one attached hydrogen (secondary N) is 4. The molecule has 0 radical (unpaired) electrons. The van der Waals surface area contributed by atoms with E-state index in [1.807, 2.05) is 0 Å². The number of alkyl halides is 1. The number of rotatable bonds is 4. The maximum Gasteiger partial charge on any atom is 0.239 e. The van der Waals surface area contributed by atoms with Crippen LogP contribution in [0.2, 0.25) is 0 Å². The Morgan fingerprint density at radius 3 is 2.44 bits per heavy atom. The molecule has 5 atom stereocenters. The monoisotopic (exact) mass is 464 g/mol. The lowest BCUT2D eigenvalue weighted by Crippen LogP contribution is -2.67. The standard InChI is InChI=1S/C18H33IN4O2/c1-25-15-10-9-14(17(24)22-15)21-18-20-11-13(16(19)23-18)12-7-5-3-2-4-6-8-12/h12-16,18,20-21,23H,2-11H2,1H3,(H,22,24). The Morgan fingerprint density at radius 1 is 1.08 bits per heavy atom. The lowest BCUT2D eigenvalue weighted by Gasteiger charge is -2.42. The summed E-state index contributed by atoms with van der Waals surface area (Å²) >= 11 is 2.56. The molecule has 2 aliphatic heterocycles. The van der Waals surface area contributed by atoms with Crippen LogP contribution in [-0.2, 0) is 9.53 Å². The molecule has 5 unspecified atom stereocenters. The second-order valence-electron chi connectivity index (χ2n) is 7.71. The van der Waals surface area contributed by atoms with Crippen molar-refractivity contribution in [3.8, 4) is 0 Å². The number of ether oxygens (including phenoxy) is 1. The minimum atomic E-state index is -0.155. The van der Waals surface area contributed by atoms with Gasteiger partial charge in [-0.15, -0.1) is 0 Å². The molecule has 0 aromatic heterocycles. The van der Waals surface area contributed by atoms with Crippen molar-refractivity contribution in [3.63, 3.8) is 0 Å². The van der Waals surface area contributed by atoms with E-state index in [1.165, 1.54) is 44.9 Å². The van der Waals surface area contributed by atoms with E-state index in [2.05, 4.69) is 43.9 Å². The highest BCUT2D eigenvalue weighted by atomic mass is 127. The number of methoxy groups -OCH3 is 1. The lowest BCUT2D eigenvalue weighted by atomic mass is 9.81. The molecule has 0 bridgehead atoms. The van der Waals surface area contributed by atoms with Crippen molar-refractivity contribution in [2.75, 3.05) is 13.7 Å². The SMILES string of the molecule is COC1CCC(NC2NCC(C3CCCCCCC3)C(I)N2)C(=O)N1. The molecule has 1 aliphatic carbocycles. The van der Waals surface area contributed by atoms with Crippen molar-refractivity contribution in [1.29, 1.82) is 0 Å².